The zero-order valence-corrected chi connectivity index (χ0v) is 8.46. The van der Waals surface area contributed by atoms with Gasteiger partial charge in [0.05, 0.1) is 18.4 Å². The summed E-state index contributed by atoms with van der Waals surface area (Å²) in [5.41, 5.74) is 1.94. The van der Waals surface area contributed by atoms with Crippen molar-refractivity contribution in [3.05, 3.63) is 11.3 Å². The molecule has 1 unspecified atom stereocenters. The Hall–Kier alpha value is -1.43. The van der Waals surface area contributed by atoms with Crippen LogP contribution in [-0.4, -0.2) is 16.9 Å². The second kappa shape index (κ2) is 3.53. The molecule has 3 nitrogen and oxygen atoms in total. The van der Waals surface area contributed by atoms with Crippen LogP contribution in [0.4, 0.5) is 0 Å². The third-order valence-electron chi connectivity index (χ3n) is 2.09. The van der Waals surface area contributed by atoms with Gasteiger partial charge >= 0.3 is 0 Å². The lowest BCUT2D eigenvalue weighted by atomic mass is 10.0. The van der Waals surface area contributed by atoms with Crippen molar-refractivity contribution < 1.29 is 4.74 Å². The molecule has 1 rings (SSSR count). The van der Waals surface area contributed by atoms with E-state index in [0.29, 0.717) is 0 Å². The van der Waals surface area contributed by atoms with Crippen molar-refractivity contribution in [1.29, 1.82) is 0 Å². The molecule has 0 radical (unpaired) electrons. The molecule has 0 aliphatic carbocycles. The minimum Gasteiger partial charge on any atom is -0.481 e. The molecule has 3 heteroatoms. The van der Waals surface area contributed by atoms with Crippen molar-refractivity contribution in [1.82, 2.24) is 9.78 Å². The molecule has 0 bridgehead atoms. The molecule has 0 saturated heterocycles. The maximum atomic E-state index is 5.36. The summed E-state index contributed by atoms with van der Waals surface area (Å²) in [4.78, 5) is 0. The Balaban J connectivity index is 3.26. The predicted molar refractivity (Wildman–Crippen MR) is 51.7 cm³/mol. The first-order valence-electron chi connectivity index (χ1n) is 4.15. The Bertz CT molecular complexity index is 347. The fourth-order valence-electron chi connectivity index (χ4n) is 1.48. The maximum Gasteiger partial charge on any atom is 0.216 e. The first kappa shape index (κ1) is 9.66. The first-order chi connectivity index (χ1) is 6.11. The fraction of sp³-hybridized carbons (Fsp3) is 0.500. The number of rotatable bonds is 2. The highest BCUT2D eigenvalue weighted by Gasteiger charge is 2.17. The Morgan fingerprint density at radius 1 is 1.62 bits per heavy atom. The van der Waals surface area contributed by atoms with Crippen LogP contribution in [0.3, 0.4) is 0 Å². The van der Waals surface area contributed by atoms with Crippen LogP contribution >= 0.6 is 0 Å². The number of aryl methyl sites for hydroxylation is 2. The normalized spacial score (nSPS) is 12.2. The highest BCUT2D eigenvalue weighted by Crippen LogP contribution is 2.28. The number of hydrogen-bond donors (Lipinski definition) is 0. The van der Waals surface area contributed by atoms with Gasteiger partial charge in [-0.3, -0.25) is 0 Å². The molecule has 0 amide bonds. The molecule has 13 heavy (non-hydrogen) atoms. The van der Waals surface area contributed by atoms with E-state index in [-0.39, 0.29) is 5.92 Å². The summed E-state index contributed by atoms with van der Waals surface area (Å²) in [5.74, 6) is 3.47. The lowest BCUT2D eigenvalue weighted by Gasteiger charge is -2.06. The van der Waals surface area contributed by atoms with Gasteiger partial charge in [0.2, 0.25) is 5.88 Å². The van der Waals surface area contributed by atoms with Crippen molar-refractivity contribution in [3.8, 4) is 18.2 Å². The Labute approximate surface area is 78.7 Å². The number of terminal acetylenes is 1. The summed E-state index contributed by atoms with van der Waals surface area (Å²) in [6.07, 6.45) is 5.36. The maximum absolute atomic E-state index is 5.36. The molecule has 1 aromatic rings. The van der Waals surface area contributed by atoms with E-state index in [2.05, 4.69) is 11.0 Å². The molecule has 0 spiro atoms. The third kappa shape index (κ3) is 1.52. The molecule has 70 valence electrons. The van der Waals surface area contributed by atoms with E-state index in [9.17, 15) is 0 Å². The van der Waals surface area contributed by atoms with Crippen LogP contribution in [0.25, 0.3) is 0 Å². The van der Waals surface area contributed by atoms with Crippen LogP contribution in [0.15, 0.2) is 0 Å². The van der Waals surface area contributed by atoms with Gasteiger partial charge in [-0.15, -0.1) is 6.42 Å². The van der Waals surface area contributed by atoms with Crippen molar-refractivity contribution in [3.63, 3.8) is 0 Å². The van der Waals surface area contributed by atoms with Gasteiger partial charge in [-0.05, 0) is 13.8 Å². The van der Waals surface area contributed by atoms with E-state index in [4.69, 9.17) is 11.2 Å². The van der Waals surface area contributed by atoms with Gasteiger partial charge in [-0.2, -0.15) is 5.10 Å². The van der Waals surface area contributed by atoms with Gasteiger partial charge in [0.15, 0.2) is 0 Å². The average Bonchev–Trinajstić information content (AvgIpc) is 2.39. The lowest BCUT2D eigenvalue weighted by molar-refractivity contribution is 0.369. The number of methoxy groups -OCH3 is 1. The Kier molecular flexibility index (Phi) is 2.62. The highest BCUT2D eigenvalue weighted by molar-refractivity contribution is 5.38. The zero-order chi connectivity index (χ0) is 10.0. The van der Waals surface area contributed by atoms with E-state index in [1.165, 1.54) is 0 Å². The summed E-state index contributed by atoms with van der Waals surface area (Å²) in [5, 5.41) is 4.25. The summed E-state index contributed by atoms with van der Waals surface area (Å²) < 4.78 is 6.93. The van der Waals surface area contributed by atoms with Crippen molar-refractivity contribution in [2.75, 3.05) is 7.11 Å². The van der Waals surface area contributed by atoms with Gasteiger partial charge < -0.3 is 4.74 Å². The topological polar surface area (TPSA) is 27.1 Å². The molecule has 0 aliphatic rings. The fourth-order valence-corrected chi connectivity index (χ4v) is 1.48. The quantitative estimate of drug-likeness (QED) is 0.641. The molecule has 1 aromatic heterocycles. The van der Waals surface area contributed by atoms with E-state index in [0.717, 1.165) is 17.1 Å². The van der Waals surface area contributed by atoms with Crippen LogP contribution in [0.1, 0.15) is 24.1 Å². The van der Waals surface area contributed by atoms with E-state index in [1.54, 1.807) is 11.8 Å². The van der Waals surface area contributed by atoms with E-state index < -0.39 is 0 Å². The van der Waals surface area contributed by atoms with Crippen LogP contribution in [-0.2, 0) is 7.05 Å². The number of nitrogens with zero attached hydrogens (tertiary/aromatic N) is 2. The molecule has 1 heterocycles. The molecule has 0 N–H and O–H groups in total. The van der Waals surface area contributed by atoms with E-state index >= 15 is 0 Å². The molecule has 1 atom stereocenters. The van der Waals surface area contributed by atoms with Gasteiger partial charge in [-0.1, -0.05) is 5.92 Å². The van der Waals surface area contributed by atoms with Gasteiger partial charge in [0.1, 0.15) is 0 Å². The van der Waals surface area contributed by atoms with Crippen LogP contribution in [0, 0.1) is 19.3 Å². The van der Waals surface area contributed by atoms with Crippen molar-refractivity contribution in [2.45, 2.75) is 19.8 Å². The van der Waals surface area contributed by atoms with Gasteiger partial charge in [0.25, 0.3) is 0 Å². The van der Waals surface area contributed by atoms with Crippen molar-refractivity contribution in [2.24, 2.45) is 7.05 Å². The monoisotopic (exact) mass is 178 g/mol. The summed E-state index contributed by atoms with van der Waals surface area (Å²) in [6, 6.07) is 0. The van der Waals surface area contributed by atoms with Crippen LogP contribution in [0.2, 0.25) is 0 Å². The summed E-state index contributed by atoms with van der Waals surface area (Å²) in [6.45, 7) is 3.90. The second-order valence-corrected chi connectivity index (χ2v) is 3.02. The number of ether oxygens (including phenoxy) is 1. The van der Waals surface area contributed by atoms with Crippen LogP contribution < -0.4 is 4.74 Å². The van der Waals surface area contributed by atoms with Gasteiger partial charge in [0, 0.05) is 13.0 Å². The summed E-state index contributed by atoms with van der Waals surface area (Å²) >= 11 is 0. The molecule has 0 saturated carbocycles. The minimum absolute atomic E-state index is 0.0450. The molecule has 0 aromatic carbocycles. The smallest absolute Gasteiger partial charge is 0.216 e. The van der Waals surface area contributed by atoms with E-state index in [1.807, 2.05) is 20.9 Å². The lowest BCUT2D eigenvalue weighted by Crippen LogP contribution is -1.98. The molecule has 0 aliphatic heterocycles. The largest absolute Gasteiger partial charge is 0.481 e. The Morgan fingerprint density at radius 2 is 2.23 bits per heavy atom. The van der Waals surface area contributed by atoms with Crippen LogP contribution in [0.5, 0.6) is 5.88 Å². The second-order valence-electron chi connectivity index (χ2n) is 3.02. The first-order valence-corrected chi connectivity index (χ1v) is 4.15. The highest BCUT2D eigenvalue weighted by atomic mass is 16.5. The molecular formula is C10H14N2O. The predicted octanol–water partition coefficient (Wildman–Crippen LogP) is 1.47. The zero-order valence-electron chi connectivity index (χ0n) is 8.46. The third-order valence-corrected chi connectivity index (χ3v) is 2.09. The number of hydrogen-bond acceptors (Lipinski definition) is 2. The molecular weight excluding hydrogens is 164 g/mol. The minimum atomic E-state index is 0.0450. The average molecular weight is 178 g/mol. The van der Waals surface area contributed by atoms with Crippen molar-refractivity contribution >= 4 is 0 Å². The SMILES string of the molecule is C#CC(C)c1c(C)nn(C)c1OC. The Morgan fingerprint density at radius 3 is 2.69 bits per heavy atom. The van der Waals surface area contributed by atoms with Gasteiger partial charge in [-0.25, -0.2) is 4.68 Å². The number of aromatic nitrogens is 2. The molecule has 0 fully saturated rings. The standard InChI is InChI=1S/C10H14N2O/c1-6-7(2)9-8(3)11-12(4)10(9)13-5/h1,7H,2-5H3. The summed E-state index contributed by atoms with van der Waals surface area (Å²) in [7, 11) is 3.47.